The number of nitrogens with one attached hydrogen (secondary N) is 1. The largest absolute Gasteiger partial charge is 0.493 e. The minimum atomic E-state index is -0.0759. The normalized spacial score (nSPS) is 14.8. The zero-order valence-electron chi connectivity index (χ0n) is 21.6. The number of carbonyl (C=O) groups is 1. The van der Waals surface area contributed by atoms with Crippen molar-refractivity contribution in [3.8, 4) is 22.8 Å². The van der Waals surface area contributed by atoms with Crippen molar-refractivity contribution in [2.24, 2.45) is 11.8 Å². The van der Waals surface area contributed by atoms with Crippen LogP contribution in [-0.2, 0) is 9.53 Å². The molecule has 1 aliphatic heterocycles. The maximum absolute atomic E-state index is 12.0. The molecule has 0 saturated carbocycles. The molecule has 2 aromatic carbocycles. The number of benzene rings is 2. The number of likely N-dealkylation sites (tertiary alicyclic amines) is 1. The first-order valence-corrected chi connectivity index (χ1v) is 12.6. The van der Waals surface area contributed by atoms with E-state index in [0.717, 1.165) is 66.9 Å². The lowest BCUT2D eigenvalue weighted by Crippen LogP contribution is -2.37. The zero-order valence-corrected chi connectivity index (χ0v) is 21.6. The fraction of sp³-hybridized carbons (Fsp3) is 0.464. The lowest BCUT2D eigenvalue weighted by Gasteiger charge is -2.31. The molecular formula is C28H36N4O4. The summed E-state index contributed by atoms with van der Waals surface area (Å²) in [6, 6.07) is 11.6. The van der Waals surface area contributed by atoms with Crippen LogP contribution in [0.4, 0.5) is 5.69 Å². The molecule has 4 rings (SSSR count). The van der Waals surface area contributed by atoms with Gasteiger partial charge >= 0.3 is 0 Å². The van der Waals surface area contributed by atoms with Crippen LogP contribution < -0.4 is 14.8 Å². The summed E-state index contributed by atoms with van der Waals surface area (Å²) in [6.07, 6.45) is 3.79. The van der Waals surface area contributed by atoms with Gasteiger partial charge in [-0.15, -0.1) is 0 Å². The summed E-state index contributed by atoms with van der Waals surface area (Å²) in [5, 5.41) is 3.80. The Hall–Kier alpha value is -3.23. The van der Waals surface area contributed by atoms with Crippen LogP contribution in [0.2, 0.25) is 0 Å². The fourth-order valence-electron chi connectivity index (χ4n) is 4.37. The van der Waals surface area contributed by atoms with Crippen molar-refractivity contribution in [2.45, 2.75) is 26.7 Å². The number of anilines is 1. The lowest BCUT2D eigenvalue weighted by atomic mass is 9.98. The Morgan fingerprint density at radius 2 is 1.83 bits per heavy atom. The Kier molecular flexibility index (Phi) is 8.72. The average Bonchev–Trinajstić information content (AvgIpc) is 2.90. The number of fused-ring (bicyclic) bond motifs is 1. The Bertz CT molecular complexity index is 1160. The van der Waals surface area contributed by atoms with E-state index in [-0.39, 0.29) is 11.8 Å². The van der Waals surface area contributed by atoms with Gasteiger partial charge in [0.1, 0.15) is 6.33 Å². The van der Waals surface area contributed by atoms with Crippen molar-refractivity contribution in [2.75, 3.05) is 52.4 Å². The number of ether oxygens (including phenoxy) is 3. The van der Waals surface area contributed by atoms with Crippen LogP contribution in [0, 0.1) is 11.8 Å². The van der Waals surface area contributed by atoms with Crippen LogP contribution >= 0.6 is 0 Å². The van der Waals surface area contributed by atoms with E-state index in [1.807, 2.05) is 50.2 Å². The van der Waals surface area contributed by atoms with Crippen LogP contribution in [0.3, 0.4) is 0 Å². The summed E-state index contributed by atoms with van der Waals surface area (Å²) in [5.74, 6) is 1.79. The molecule has 192 valence electrons. The van der Waals surface area contributed by atoms with E-state index in [4.69, 9.17) is 14.2 Å². The van der Waals surface area contributed by atoms with Crippen LogP contribution in [-0.4, -0.2) is 67.8 Å². The minimum Gasteiger partial charge on any atom is -0.493 e. The van der Waals surface area contributed by atoms with Gasteiger partial charge in [-0.1, -0.05) is 26.0 Å². The molecule has 1 N–H and O–H groups in total. The van der Waals surface area contributed by atoms with Gasteiger partial charge in [0.25, 0.3) is 0 Å². The molecule has 1 saturated heterocycles. The van der Waals surface area contributed by atoms with E-state index in [1.54, 1.807) is 20.5 Å². The molecular weight excluding hydrogens is 456 g/mol. The van der Waals surface area contributed by atoms with Gasteiger partial charge in [-0.25, -0.2) is 9.97 Å². The van der Waals surface area contributed by atoms with E-state index in [0.29, 0.717) is 24.0 Å². The fourth-order valence-corrected chi connectivity index (χ4v) is 4.37. The molecule has 3 aromatic rings. The van der Waals surface area contributed by atoms with Gasteiger partial charge in [0.2, 0.25) is 5.91 Å². The van der Waals surface area contributed by atoms with Crippen molar-refractivity contribution in [3.63, 3.8) is 0 Å². The summed E-state index contributed by atoms with van der Waals surface area (Å²) in [4.78, 5) is 23.5. The Balaban J connectivity index is 1.48. The van der Waals surface area contributed by atoms with Crippen molar-refractivity contribution >= 4 is 22.5 Å². The molecule has 1 aromatic heterocycles. The third-order valence-corrected chi connectivity index (χ3v) is 6.66. The Morgan fingerprint density at radius 1 is 1.08 bits per heavy atom. The maximum Gasteiger partial charge on any atom is 0.226 e. The van der Waals surface area contributed by atoms with Crippen LogP contribution in [0.5, 0.6) is 11.5 Å². The van der Waals surface area contributed by atoms with E-state index in [9.17, 15) is 4.79 Å². The van der Waals surface area contributed by atoms with Crippen LogP contribution in [0.1, 0.15) is 26.7 Å². The Labute approximate surface area is 213 Å². The second kappa shape index (κ2) is 12.1. The molecule has 8 heteroatoms. The smallest absolute Gasteiger partial charge is 0.226 e. The summed E-state index contributed by atoms with van der Waals surface area (Å²) in [5.41, 5.74) is 3.28. The van der Waals surface area contributed by atoms with Crippen molar-refractivity contribution in [1.82, 2.24) is 14.9 Å². The van der Waals surface area contributed by atoms with Crippen molar-refractivity contribution in [3.05, 3.63) is 42.7 Å². The second-order valence-electron chi connectivity index (χ2n) is 9.55. The van der Waals surface area contributed by atoms with Crippen LogP contribution in [0.25, 0.3) is 22.2 Å². The SMILES string of the molecule is COCCN1CCC(COc2cc3ncnc(-c4ccc(NC(=O)C(C)C)cc4)c3cc2OC)CC1. The number of methoxy groups -OCH3 is 2. The first kappa shape index (κ1) is 25.9. The van der Waals surface area contributed by atoms with Gasteiger partial charge in [0.15, 0.2) is 11.5 Å². The predicted molar refractivity (Wildman–Crippen MR) is 142 cm³/mol. The first-order chi connectivity index (χ1) is 17.5. The molecule has 8 nitrogen and oxygen atoms in total. The lowest BCUT2D eigenvalue weighted by molar-refractivity contribution is -0.118. The van der Waals surface area contributed by atoms with Gasteiger partial charge in [-0.2, -0.15) is 0 Å². The molecule has 0 atom stereocenters. The second-order valence-corrected chi connectivity index (χ2v) is 9.55. The molecule has 1 fully saturated rings. The van der Waals surface area contributed by atoms with Crippen molar-refractivity contribution < 1.29 is 19.0 Å². The number of amides is 1. The monoisotopic (exact) mass is 492 g/mol. The van der Waals surface area contributed by atoms with Gasteiger partial charge in [0.05, 0.1) is 31.5 Å². The van der Waals surface area contributed by atoms with E-state index in [2.05, 4.69) is 20.2 Å². The molecule has 1 amide bonds. The van der Waals surface area contributed by atoms with E-state index < -0.39 is 0 Å². The van der Waals surface area contributed by atoms with Gasteiger partial charge in [-0.05, 0) is 50.0 Å². The van der Waals surface area contributed by atoms with Crippen molar-refractivity contribution in [1.29, 1.82) is 0 Å². The first-order valence-electron chi connectivity index (χ1n) is 12.6. The molecule has 0 aliphatic carbocycles. The van der Waals surface area contributed by atoms with E-state index >= 15 is 0 Å². The number of aromatic nitrogens is 2. The number of carbonyl (C=O) groups excluding carboxylic acids is 1. The van der Waals surface area contributed by atoms with Crippen LogP contribution in [0.15, 0.2) is 42.7 Å². The van der Waals surface area contributed by atoms with Gasteiger partial charge < -0.3 is 24.4 Å². The summed E-state index contributed by atoms with van der Waals surface area (Å²) < 4.78 is 17.1. The maximum atomic E-state index is 12.0. The minimum absolute atomic E-state index is 0.0100. The number of rotatable bonds is 10. The summed E-state index contributed by atoms with van der Waals surface area (Å²) >= 11 is 0. The topological polar surface area (TPSA) is 85.8 Å². The zero-order chi connectivity index (χ0) is 25.5. The van der Waals surface area contributed by atoms with Gasteiger partial charge in [0, 0.05) is 42.3 Å². The Morgan fingerprint density at radius 3 is 2.50 bits per heavy atom. The molecule has 0 radical (unpaired) electrons. The van der Waals surface area contributed by atoms with Gasteiger partial charge in [-0.3, -0.25) is 4.79 Å². The molecule has 36 heavy (non-hydrogen) atoms. The highest BCUT2D eigenvalue weighted by molar-refractivity contribution is 5.95. The quantitative estimate of drug-likeness (QED) is 0.441. The summed E-state index contributed by atoms with van der Waals surface area (Å²) in [7, 11) is 3.40. The number of nitrogens with zero attached hydrogens (tertiary/aromatic N) is 3. The molecule has 2 heterocycles. The van der Waals surface area contributed by atoms with E-state index in [1.165, 1.54) is 0 Å². The highest BCUT2D eigenvalue weighted by atomic mass is 16.5. The molecule has 0 unspecified atom stereocenters. The number of hydrogen-bond donors (Lipinski definition) is 1. The molecule has 0 bridgehead atoms. The average molecular weight is 493 g/mol. The standard InChI is InChI=1S/C28H36N4O4/c1-19(2)28(33)31-22-7-5-21(6-8-22)27-23-15-25(35-4)26(16-24(23)29-18-30-27)36-17-20-9-11-32(12-10-20)13-14-34-3/h5-8,15-16,18-20H,9-14,17H2,1-4H3,(H,31,33). The number of hydrogen-bond acceptors (Lipinski definition) is 7. The third kappa shape index (κ3) is 6.30. The highest BCUT2D eigenvalue weighted by Crippen LogP contribution is 2.36. The molecule has 0 spiro atoms. The summed E-state index contributed by atoms with van der Waals surface area (Å²) in [6.45, 7) is 8.30. The highest BCUT2D eigenvalue weighted by Gasteiger charge is 2.21. The molecule has 1 aliphatic rings. The predicted octanol–water partition coefficient (Wildman–Crippen LogP) is 4.64. The third-order valence-electron chi connectivity index (χ3n) is 6.66. The number of piperidine rings is 1.